The molecule has 0 aliphatic carbocycles. The van der Waals surface area contributed by atoms with Crippen LogP contribution in [-0.2, 0) is 27.1 Å². The van der Waals surface area contributed by atoms with Gasteiger partial charge in [-0.15, -0.1) is 6.58 Å². The van der Waals surface area contributed by atoms with Crippen LogP contribution in [0.25, 0.3) is 0 Å². The number of hydrogen-bond acceptors (Lipinski definition) is 4. The highest BCUT2D eigenvalue weighted by Crippen LogP contribution is 2.12. The van der Waals surface area contributed by atoms with Gasteiger partial charge in [0.2, 0.25) is 15.9 Å². The maximum absolute atomic E-state index is 12.1. The molecular formula is C22H28N4O4S. The number of anilines is 1. The van der Waals surface area contributed by atoms with Crippen LogP contribution >= 0.6 is 0 Å². The van der Waals surface area contributed by atoms with Crippen molar-refractivity contribution in [2.24, 2.45) is 0 Å². The van der Waals surface area contributed by atoms with Crippen LogP contribution in [0.1, 0.15) is 17.5 Å². The fourth-order valence-electron chi connectivity index (χ4n) is 2.71. The molecule has 0 bridgehead atoms. The molecule has 0 heterocycles. The summed E-state index contributed by atoms with van der Waals surface area (Å²) in [5.41, 5.74) is 2.17. The first-order valence-corrected chi connectivity index (χ1v) is 11.4. The van der Waals surface area contributed by atoms with Gasteiger partial charge >= 0.3 is 6.03 Å². The number of carbonyl (C=O) groups is 2. The van der Waals surface area contributed by atoms with E-state index in [1.165, 1.54) is 6.08 Å². The second-order valence-electron chi connectivity index (χ2n) is 6.96. The molecule has 0 radical (unpaired) electrons. The third-order valence-electron chi connectivity index (χ3n) is 4.28. The van der Waals surface area contributed by atoms with E-state index in [4.69, 9.17) is 0 Å². The molecule has 0 unspecified atom stereocenters. The maximum Gasteiger partial charge on any atom is 0.317 e. The van der Waals surface area contributed by atoms with Crippen molar-refractivity contribution < 1.29 is 18.0 Å². The number of nitrogens with one attached hydrogen (secondary N) is 3. The van der Waals surface area contributed by atoms with Crippen molar-refractivity contribution >= 4 is 27.6 Å². The zero-order chi connectivity index (χ0) is 22.7. The van der Waals surface area contributed by atoms with E-state index in [0.29, 0.717) is 17.8 Å². The van der Waals surface area contributed by atoms with Crippen molar-refractivity contribution in [3.8, 4) is 0 Å². The van der Waals surface area contributed by atoms with Crippen LogP contribution in [0.15, 0.2) is 67.3 Å². The van der Waals surface area contributed by atoms with Crippen molar-refractivity contribution in [3.05, 3.63) is 78.4 Å². The van der Waals surface area contributed by atoms with E-state index in [1.54, 1.807) is 36.2 Å². The lowest BCUT2D eigenvalue weighted by Gasteiger charge is -2.18. The Morgan fingerprint density at radius 2 is 1.71 bits per heavy atom. The first kappa shape index (κ1) is 24.1. The minimum Gasteiger partial charge on any atom is -0.337 e. The second kappa shape index (κ2) is 11.9. The second-order valence-corrected chi connectivity index (χ2v) is 8.77. The van der Waals surface area contributed by atoms with Gasteiger partial charge in [0.05, 0.1) is 5.75 Å². The topological polar surface area (TPSA) is 108 Å². The average Bonchev–Trinajstić information content (AvgIpc) is 2.74. The quantitative estimate of drug-likeness (QED) is 0.463. The summed E-state index contributed by atoms with van der Waals surface area (Å²) in [4.78, 5) is 25.8. The molecule has 2 rings (SSSR count). The predicted molar refractivity (Wildman–Crippen MR) is 122 cm³/mol. The highest BCUT2D eigenvalue weighted by Gasteiger charge is 2.11. The number of urea groups is 1. The van der Waals surface area contributed by atoms with Crippen LogP contribution in [0.3, 0.4) is 0 Å². The van der Waals surface area contributed by atoms with Crippen LogP contribution in [-0.4, -0.2) is 45.4 Å². The summed E-state index contributed by atoms with van der Waals surface area (Å²) in [5.74, 6) is -0.406. The molecule has 0 fully saturated rings. The predicted octanol–water partition coefficient (Wildman–Crippen LogP) is 2.46. The minimum atomic E-state index is -3.43. The highest BCUT2D eigenvalue weighted by atomic mass is 32.2. The Balaban J connectivity index is 1.73. The van der Waals surface area contributed by atoms with Crippen molar-refractivity contribution in [2.75, 3.05) is 25.5 Å². The van der Waals surface area contributed by atoms with Gasteiger partial charge < -0.3 is 15.5 Å². The lowest BCUT2D eigenvalue weighted by atomic mass is 10.2. The van der Waals surface area contributed by atoms with Crippen molar-refractivity contribution in [1.29, 1.82) is 0 Å². The normalized spacial score (nSPS) is 10.9. The molecule has 166 valence electrons. The highest BCUT2D eigenvalue weighted by molar-refractivity contribution is 7.88. The first-order chi connectivity index (χ1) is 14.8. The Labute approximate surface area is 183 Å². The molecule has 0 atom stereocenters. The summed E-state index contributed by atoms with van der Waals surface area (Å²) in [7, 11) is -1.74. The van der Waals surface area contributed by atoms with Gasteiger partial charge in [0.1, 0.15) is 0 Å². The summed E-state index contributed by atoms with van der Waals surface area (Å²) in [6.07, 6.45) is 1.59. The van der Waals surface area contributed by atoms with E-state index in [9.17, 15) is 18.0 Å². The Kier molecular flexibility index (Phi) is 9.23. The Hall–Kier alpha value is -3.17. The first-order valence-electron chi connectivity index (χ1n) is 9.79. The molecule has 0 aromatic heterocycles. The Morgan fingerprint density at radius 1 is 1.03 bits per heavy atom. The molecule has 31 heavy (non-hydrogen) atoms. The fourth-order valence-corrected chi connectivity index (χ4v) is 3.82. The number of sulfonamides is 1. The van der Waals surface area contributed by atoms with Crippen LogP contribution in [0.4, 0.5) is 10.5 Å². The van der Waals surface area contributed by atoms with Crippen LogP contribution in [0.2, 0.25) is 0 Å². The summed E-state index contributed by atoms with van der Waals surface area (Å²) < 4.78 is 26.2. The summed E-state index contributed by atoms with van der Waals surface area (Å²) in [6, 6.07) is 15.9. The molecule has 0 aliphatic heterocycles. The van der Waals surface area contributed by atoms with Gasteiger partial charge in [-0.25, -0.2) is 17.9 Å². The lowest BCUT2D eigenvalue weighted by molar-refractivity contribution is -0.116. The molecule has 0 saturated heterocycles. The van der Waals surface area contributed by atoms with Crippen LogP contribution in [0, 0.1) is 0 Å². The molecule has 3 N–H and O–H groups in total. The van der Waals surface area contributed by atoms with Gasteiger partial charge in [-0.2, -0.15) is 0 Å². The smallest absolute Gasteiger partial charge is 0.317 e. The molecule has 2 aromatic rings. The van der Waals surface area contributed by atoms with E-state index in [2.05, 4.69) is 21.9 Å². The van der Waals surface area contributed by atoms with E-state index >= 15 is 0 Å². The van der Waals surface area contributed by atoms with E-state index in [-0.39, 0.29) is 37.2 Å². The minimum absolute atomic E-state index is 0.118. The van der Waals surface area contributed by atoms with Crippen LogP contribution < -0.4 is 15.4 Å². The average molecular weight is 445 g/mol. The van der Waals surface area contributed by atoms with Gasteiger partial charge in [0.15, 0.2) is 0 Å². The molecule has 0 spiro atoms. The lowest BCUT2D eigenvalue weighted by Crippen LogP contribution is -2.38. The fraction of sp³-hybridized carbons (Fsp3) is 0.273. The molecule has 8 nitrogen and oxygen atoms in total. The third kappa shape index (κ3) is 9.02. The van der Waals surface area contributed by atoms with Gasteiger partial charge in [0, 0.05) is 38.8 Å². The SMILES string of the molecule is C=CCNS(=O)(=O)Cc1ccc(NC(=O)CCNC(=O)N(C)Cc2ccccc2)cc1. The Morgan fingerprint density at radius 3 is 2.35 bits per heavy atom. The Bertz CT molecular complexity index is 976. The molecule has 0 aliphatic rings. The van der Waals surface area contributed by atoms with Gasteiger partial charge in [0.25, 0.3) is 0 Å². The van der Waals surface area contributed by atoms with Crippen LogP contribution in [0.5, 0.6) is 0 Å². The third-order valence-corrected chi connectivity index (χ3v) is 5.60. The standard InChI is InChI=1S/C22H28N4O4S/c1-3-14-24-31(29,30)17-19-9-11-20(12-10-19)25-21(27)13-15-23-22(28)26(2)16-18-7-5-4-6-8-18/h3-12,24H,1,13-17H2,2H3,(H,23,28)(H,25,27). The molecule has 2 aromatic carbocycles. The van der Waals surface area contributed by atoms with Gasteiger partial charge in [-0.1, -0.05) is 48.5 Å². The van der Waals surface area contributed by atoms with E-state index < -0.39 is 10.0 Å². The monoisotopic (exact) mass is 444 g/mol. The van der Waals surface area contributed by atoms with Crippen molar-refractivity contribution in [1.82, 2.24) is 14.9 Å². The number of rotatable bonds is 11. The largest absolute Gasteiger partial charge is 0.337 e. The summed E-state index contributed by atoms with van der Waals surface area (Å²) in [6.45, 7) is 4.33. The molecular weight excluding hydrogens is 416 g/mol. The number of nitrogens with zero attached hydrogens (tertiary/aromatic N) is 1. The maximum atomic E-state index is 12.1. The zero-order valence-electron chi connectivity index (χ0n) is 17.5. The number of benzene rings is 2. The van der Waals surface area contributed by atoms with E-state index in [0.717, 1.165) is 5.56 Å². The van der Waals surface area contributed by atoms with Crippen molar-refractivity contribution in [2.45, 2.75) is 18.7 Å². The number of carbonyl (C=O) groups excluding carboxylic acids is 2. The summed E-state index contributed by atoms with van der Waals surface area (Å²) >= 11 is 0. The van der Waals surface area contributed by atoms with Gasteiger partial charge in [-0.05, 0) is 23.3 Å². The van der Waals surface area contributed by atoms with Gasteiger partial charge in [-0.3, -0.25) is 4.79 Å². The van der Waals surface area contributed by atoms with Crippen molar-refractivity contribution in [3.63, 3.8) is 0 Å². The summed E-state index contributed by atoms with van der Waals surface area (Å²) in [5, 5.41) is 5.44. The number of hydrogen-bond donors (Lipinski definition) is 3. The molecule has 9 heteroatoms. The molecule has 3 amide bonds. The molecule has 0 saturated carbocycles. The number of amides is 3. The van der Waals surface area contributed by atoms with E-state index in [1.807, 2.05) is 30.3 Å². The zero-order valence-corrected chi connectivity index (χ0v) is 18.3.